The second-order valence-electron chi connectivity index (χ2n) is 8.64. The molecule has 2 fully saturated rings. The highest BCUT2D eigenvalue weighted by atomic mass is 32.1. The summed E-state index contributed by atoms with van der Waals surface area (Å²) in [4.78, 5) is 26.3. The van der Waals surface area contributed by atoms with Gasteiger partial charge in [-0.1, -0.05) is 0 Å². The summed E-state index contributed by atoms with van der Waals surface area (Å²) < 4.78 is 10.5. The van der Waals surface area contributed by atoms with Crippen LogP contribution in [0.25, 0.3) is 11.6 Å². The molecule has 1 N–H and O–H groups in total. The molecule has 0 unspecified atom stereocenters. The maximum Gasteiger partial charge on any atom is 0.410 e. The minimum Gasteiger partial charge on any atom is -0.441 e. The van der Waals surface area contributed by atoms with Crippen LogP contribution in [0.4, 0.5) is 10.5 Å². The van der Waals surface area contributed by atoms with Crippen LogP contribution < -0.4 is 4.90 Å². The van der Waals surface area contributed by atoms with E-state index in [9.17, 15) is 9.90 Å². The molecule has 2 aromatic heterocycles. The molecule has 2 saturated heterocycles. The molecule has 1 amide bonds. The molecular formula is C22H26N4O4S. The number of rotatable bonds is 4. The summed E-state index contributed by atoms with van der Waals surface area (Å²) in [6.07, 6.45) is 6.17. The molecule has 164 valence electrons. The Bertz CT molecular complexity index is 1020. The van der Waals surface area contributed by atoms with Crippen LogP contribution in [0.5, 0.6) is 0 Å². The van der Waals surface area contributed by atoms with Gasteiger partial charge in [-0.2, -0.15) is 0 Å². The van der Waals surface area contributed by atoms with Gasteiger partial charge < -0.3 is 24.4 Å². The number of aromatic nitrogens is 2. The summed E-state index contributed by atoms with van der Waals surface area (Å²) in [5, 5.41) is 11.2. The van der Waals surface area contributed by atoms with Gasteiger partial charge in [0.2, 0.25) is 0 Å². The van der Waals surface area contributed by atoms with Crippen LogP contribution in [0.15, 0.2) is 18.5 Å². The van der Waals surface area contributed by atoms with E-state index in [-0.39, 0.29) is 12.2 Å². The molecular weight excluding hydrogens is 416 g/mol. The Morgan fingerprint density at radius 1 is 1.26 bits per heavy atom. The van der Waals surface area contributed by atoms with Crippen molar-refractivity contribution in [1.82, 2.24) is 14.9 Å². The monoisotopic (exact) mass is 442 g/mol. The molecule has 5 rings (SSSR count). The zero-order chi connectivity index (χ0) is 21.6. The number of nitrogens with zero attached hydrogens (tertiary/aromatic N) is 4. The first kappa shape index (κ1) is 20.4. The number of amides is 1. The molecule has 2 aliphatic heterocycles. The van der Waals surface area contributed by atoms with Crippen molar-refractivity contribution in [3.05, 3.63) is 39.6 Å². The first-order chi connectivity index (χ1) is 14.9. The van der Waals surface area contributed by atoms with E-state index >= 15 is 0 Å². The first-order valence-electron chi connectivity index (χ1n) is 10.5. The number of allylic oxidation sites excluding steroid dienone is 1. The lowest BCUT2D eigenvalue weighted by Gasteiger charge is -2.37. The van der Waals surface area contributed by atoms with Crippen molar-refractivity contribution >= 4 is 34.8 Å². The lowest BCUT2D eigenvalue weighted by Crippen LogP contribution is -2.51. The van der Waals surface area contributed by atoms with Gasteiger partial charge in [0.25, 0.3) is 0 Å². The molecule has 0 spiro atoms. The number of carbonyl (C=O) groups is 1. The third-order valence-electron chi connectivity index (χ3n) is 5.86. The van der Waals surface area contributed by atoms with Crippen LogP contribution in [0, 0.1) is 0 Å². The smallest absolute Gasteiger partial charge is 0.410 e. The number of carbonyl (C=O) groups excluding carboxylic acids is 1. The highest BCUT2D eigenvalue weighted by Crippen LogP contribution is 2.38. The molecule has 3 aliphatic rings. The van der Waals surface area contributed by atoms with E-state index in [1.807, 2.05) is 12.3 Å². The Labute approximate surface area is 185 Å². The van der Waals surface area contributed by atoms with Gasteiger partial charge in [-0.05, 0) is 31.6 Å². The molecule has 0 bridgehead atoms. The van der Waals surface area contributed by atoms with Gasteiger partial charge in [0.1, 0.15) is 5.01 Å². The summed E-state index contributed by atoms with van der Waals surface area (Å²) in [6, 6.07) is 2.04. The Hall–Kier alpha value is -2.49. The SMILES string of the molecule is CC(C)(O)c1cnc(C2=Cc3c(N4CCN(C(=O)OC5COC5)CC4)ccnc3C2)s1. The van der Waals surface area contributed by atoms with Gasteiger partial charge >= 0.3 is 6.09 Å². The summed E-state index contributed by atoms with van der Waals surface area (Å²) >= 11 is 1.53. The van der Waals surface area contributed by atoms with Crippen LogP contribution >= 0.6 is 11.3 Å². The van der Waals surface area contributed by atoms with Gasteiger partial charge in [0, 0.05) is 56.2 Å². The number of anilines is 1. The number of hydrogen-bond donors (Lipinski definition) is 1. The topological polar surface area (TPSA) is 88.0 Å². The van der Waals surface area contributed by atoms with Crippen LogP contribution in [-0.4, -0.2) is 71.6 Å². The van der Waals surface area contributed by atoms with Crippen molar-refractivity contribution < 1.29 is 19.4 Å². The Morgan fingerprint density at radius 2 is 2.03 bits per heavy atom. The van der Waals surface area contributed by atoms with Gasteiger partial charge in [0.05, 0.1) is 29.4 Å². The number of pyridine rings is 1. The van der Waals surface area contributed by atoms with E-state index in [4.69, 9.17) is 9.47 Å². The zero-order valence-electron chi connectivity index (χ0n) is 17.7. The maximum absolute atomic E-state index is 12.3. The lowest BCUT2D eigenvalue weighted by molar-refractivity contribution is -0.104. The van der Waals surface area contributed by atoms with Crippen LogP contribution in [0.1, 0.15) is 35.0 Å². The fourth-order valence-corrected chi connectivity index (χ4v) is 4.89. The van der Waals surface area contributed by atoms with Gasteiger partial charge in [-0.3, -0.25) is 4.98 Å². The van der Waals surface area contributed by atoms with Crippen molar-refractivity contribution in [3.8, 4) is 0 Å². The molecule has 0 aromatic carbocycles. The number of hydrogen-bond acceptors (Lipinski definition) is 8. The van der Waals surface area contributed by atoms with E-state index in [0.29, 0.717) is 26.3 Å². The fraction of sp³-hybridized carbons (Fsp3) is 0.500. The van der Waals surface area contributed by atoms with E-state index in [0.717, 1.165) is 51.9 Å². The predicted molar refractivity (Wildman–Crippen MR) is 118 cm³/mol. The first-order valence-corrected chi connectivity index (χ1v) is 11.4. The van der Waals surface area contributed by atoms with Crippen molar-refractivity contribution in [2.75, 3.05) is 44.3 Å². The van der Waals surface area contributed by atoms with Crippen LogP contribution in [0.3, 0.4) is 0 Å². The third kappa shape index (κ3) is 4.05. The molecule has 31 heavy (non-hydrogen) atoms. The second-order valence-corrected chi connectivity index (χ2v) is 9.67. The number of fused-ring (bicyclic) bond motifs is 1. The highest BCUT2D eigenvalue weighted by Gasteiger charge is 2.30. The molecule has 2 aromatic rings. The van der Waals surface area contributed by atoms with E-state index in [2.05, 4.69) is 20.9 Å². The Balaban J connectivity index is 1.29. The molecule has 0 radical (unpaired) electrons. The van der Waals surface area contributed by atoms with Crippen molar-refractivity contribution in [3.63, 3.8) is 0 Å². The maximum atomic E-state index is 12.3. The predicted octanol–water partition coefficient (Wildman–Crippen LogP) is 2.52. The normalized spacial score (nSPS) is 19.1. The standard InChI is InChI=1S/C22H26N4O4S/c1-22(2,28)19-11-24-20(31-19)14-9-16-17(10-14)23-4-3-18(16)25-5-7-26(8-6-25)21(27)30-15-12-29-13-15/h3-4,9,11,15,28H,5-8,10,12-13H2,1-2H3. The van der Waals surface area contributed by atoms with Crippen molar-refractivity contribution in [2.45, 2.75) is 32.0 Å². The van der Waals surface area contributed by atoms with Crippen LogP contribution in [0.2, 0.25) is 0 Å². The molecule has 0 atom stereocenters. The average molecular weight is 443 g/mol. The quantitative estimate of drug-likeness (QED) is 0.778. The van der Waals surface area contributed by atoms with Crippen molar-refractivity contribution in [2.24, 2.45) is 0 Å². The molecule has 1 aliphatic carbocycles. The molecule has 8 nitrogen and oxygen atoms in total. The van der Waals surface area contributed by atoms with Crippen LogP contribution in [-0.2, 0) is 21.5 Å². The number of thiazole rings is 1. The Morgan fingerprint density at radius 3 is 2.68 bits per heavy atom. The summed E-state index contributed by atoms with van der Waals surface area (Å²) in [6.45, 7) is 7.29. The Kier molecular flexibility index (Phi) is 5.19. The van der Waals surface area contributed by atoms with E-state index < -0.39 is 5.60 Å². The highest BCUT2D eigenvalue weighted by molar-refractivity contribution is 7.12. The zero-order valence-corrected chi connectivity index (χ0v) is 18.5. The van der Waals surface area contributed by atoms with Gasteiger partial charge in [-0.15, -0.1) is 11.3 Å². The fourth-order valence-electron chi connectivity index (χ4n) is 3.96. The number of aliphatic hydroxyl groups is 1. The molecule has 0 saturated carbocycles. The summed E-state index contributed by atoms with van der Waals surface area (Å²) in [5.74, 6) is 0. The van der Waals surface area contributed by atoms with E-state index in [1.165, 1.54) is 11.3 Å². The second kappa shape index (κ2) is 7.89. The van der Waals surface area contributed by atoms with Crippen molar-refractivity contribution in [1.29, 1.82) is 0 Å². The number of piperazine rings is 1. The average Bonchev–Trinajstić information content (AvgIpc) is 3.37. The summed E-state index contributed by atoms with van der Waals surface area (Å²) in [7, 11) is 0. The largest absolute Gasteiger partial charge is 0.441 e. The van der Waals surface area contributed by atoms with E-state index in [1.54, 1.807) is 24.9 Å². The minimum absolute atomic E-state index is 0.0969. The number of ether oxygens (including phenoxy) is 2. The third-order valence-corrected chi connectivity index (χ3v) is 7.25. The minimum atomic E-state index is -0.891. The van der Waals surface area contributed by atoms with Gasteiger partial charge in [0.15, 0.2) is 6.10 Å². The molecule has 9 heteroatoms. The van der Waals surface area contributed by atoms with Gasteiger partial charge in [-0.25, -0.2) is 9.78 Å². The summed E-state index contributed by atoms with van der Waals surface area (Å²) in [5.41, 5.74) is 3.54. The lowest BCUT2D eigenvalue weighted by atomic mass is 10.1. The molecule has 4 heterocycles.